The zero-order valence-electron chi connectivity index (χ0n) is 13.2. The van der Waals surface area contributed by atoms with Gasteiger partial charge in [-0.25, -0.2) is 0 Å². The van der Waals surface area contributed by atoms with Crippen LogP contribution in [-0.2, 0) is 4.79 Å². The number of benzene rings is 2. The van der Waals surface area contributed by atoms with Gasteiger partial charge in [-0.05, 0) is 30.3 Å². The third-order valence-electron chi connectivity index (χ3n) is 3.91. The molecule has 1 aliphatic heterocycles. The number of halogens is 1. The first-order chi connectivity index (χ1) is 11.6. The molecule has 0 spiro atoms. The molecule has 0 saturated carbocycles. The number of carbonyl (C=O) groups is 2. The van der Waals surface area contributed by atoms with Gasteiger partial charge < -0.3 is 15.0 Å². The van der Waals surface area contributed by atoms with E-state index in [9.17, 15) is 9.59 Å². The molecule has 1 fully saturated rings. The number of anilines is 1. The lowest BCUT2D eigenvalue weighted by Gasteiger charge is -2.18. The van der Waals surface area contributed by atoms with Crippen molar-refractivity contribution in [1.82, 2.24) is 5.32 Å². The van der Waals surface area contributed by atoms with E-state index >= 15 is 0 Å². The first-order valence-corrected chi connectivity index (χ1v) is 7.95. The molecule has 6 heteroatoms. The van der Waals surface area contributed by atoms with Crippen LogP contribution >= 0.6 is 11.6 Å². The van der Waals surface area contributed by atoms with Gasteiger partial charge in [0, 0.05) is 35.3 Å². The van der Waals surface area contributed by atoms with Crippen LogP contribution in [0.15, 0.2) is 48.5 Å². The van der Waals surface area contributed by atoms with E-state index in [1.165, 1.54) is 0 Å². The van der Waals surface area contributed by atoms with Gasteiger partial charge in [-0.2, -0.15) is 0 Å². The third-order valence-corrected chi connectivity index (χ3v) is 4.15. The number of nitrogens with one attached hydrogen (secondary N) is 1. The van der Waals surface area contributed by atoms with E-state index in [0.29, 0.717) is 22.9 Å². The monoisotopic (exact) mass is 344 g/mol. The Labute approximate surface area is 145 Å². The van der Waals surface area contributed by atoms with E-state index in [1.54, 1.807) is 42.3 Å². The lowest BCUT2D eigenvalue weighted by molar-refractivity contribution is -0.117. The maximum absolute atomic E-state index is 12.3. The summed E-state index contributed by atoms with van der Waals surface area (Å²) in [7, 11) is 1.58. The summed E-state index contributed by atoms with van der Waals surface area (Å²) in [5, 5.41) is 3.39. The van der Waals surface area contributed by atoms with Crippen molar-refractivity contribution in [3.8, 4) is 5.75 Å². The minimum Gasteiger partial charge on any atom is -0.497 e. The second-order valence-electron chi connectivity index (χ2n) is 5.59. The van der Waals surface area contributed by atoms with Crippen LogP contribution in [0, 0.1) is 0 Å². The molecule has 1 unspecified atom stereocenters. The number of rotatable bonds is 4. The molecule has 124 valence electrons. The van der Waals surface area contributed by atoms with E-state index in [1.807, 2.05) is 18.2 Å². The molecule has 1 saturated heterocycles. The zero-order chi connectivity index (χ0) is 17.1. The summed E-state index contributed by atoms with van der Waals surface area (Å²) in [4.78, 5) is 26.2. The first-order valence-electron chi connectivity index (χ1n) is 7.57. The van der Waals surface area contributed by atoms with Gasteiger partial charge >= 0.3 is 0 Å². The van der Waals surface area contributed by atoms with Crippen molar-refractivity contribution in [1.29, 1.82) is 0 Å². The Bertz CT molecular complexity index is 778. The second-order valence-corrected chi connectivity index (χ2v) is 6.03. The average Bonchev–Trinajstić information content (AvgIpc) is 2.95. The Hall–Kier alpha value is -2.53. The van der Waals surface area contributed by atoms with Gasteiger partial charge in [0.05, 0.1) is 13.2 Å². The molecule has 1 N–H and O–H groups in total. The molecule has 5 nitrogen and oxygen atoms in total. The SMILES string of the molecule is COc1cccc(N2CC(NC(=O)c3cccc(Cl)c3)CC2=O)c1. The van der Waals surface area contributed by atoms with Crippen LogP contribution in [0.25, 0.3) is 0 Å². The molecule has 1 atom stereocenters. The second kappa shape index (κ2) is 6.93. The summed E-state index contributed by atoms with van der Waals surface area (Å²) in [6.45, 7) is 0.429. The molecular weight excluding hydrogens is 328 g/mol. The lowest BCUT2D eigenvalue weighted by atomic mass is 10.2. The predicted octanol–water partition coefficient (Wildman–Crippen LogP) is 2.88. The van der Waals surface area contributed by atoms with Crippen LogP contribution < -0.4 is 15.0 Å². The highest BCUT2D eigenvalue weighted by molar-refractivity contribution is 6.30. The van der Waals surface area contributed by atoms with Crippen LogP contribution in [0.2, 0.25) is 5.02 Å². The predicted molar refractivity (Wildman–Crippen MR) is 92.7 cm³/mol. The standard InChI is InChI=1S/C18H17ClN2O3/c1-24-16-7-3-6-15(10-16)21-11-14(9-17(21)22)20-18(23)12-4-2-5-13(19)8-12/h2-8,10,14H,9,11H2,1H3,(H,20,23). The Morgan fingerprint density at radius 3 is 2.79 bits per heavy atom. The number of hydrogen-bond acceptors (Lipinski definition) is 3. The summed E-state index contributed by atoms with van der Waals surface area (Å²) in [5.74, 6) is 0.425. The van der Waals surface area contributed by atoms with Crippen LogP contribution in [0.5, 0.6) is 5.75 Å². The number of nitrogens with zero attached hydrogens (tertiary/aromatic N) is 1. The normalized spacial score (nSPS) is 17.0. The van der Waals surface area contributed by atoms with Crippen molar-refractivity contribution in [2.45, 2.75) is 12.5 Å². The van der Waals surface area contributed by atoms with E-state index in [2.05, 4.69) is 5.32 Å². The number of carbonyl (C=O) groups excluding carboxylic acids is 2. The smallest absolute Gasteiger partial charge is 0.251 e. The van der Waals surface area contributed by atoms with Gasteiger partial charge in [0.15, 0.2) is 0 Å². The third kappa shape index (κ3) is 3.51. The highest BCUT2D eigenvalue weighted by Crippen LogP contribution is 2.25. The van der Waals surface area contributed by atoms with Crippen molar-refractivity contribution in [3.63, 3.8) is 0 Å². The maximum Gasteiger partial charge on any atom is 0.251 e. The Morgan fingerprint density at radius 1 is 1.25 bits per heavy atom. The van der Waals surface area contributed by atoms with E-state index in [-0.39, 0.29) is 24.3 Å². The quantitative estimate of drug-likeness (QED) is 0.927. The van der Waals surface area contributed by atoms with Gasteiger partial charge in [-0.1, -0.05) is 23.7 Å². The van der Waals surface area contributed by atoms with Gasteiger partial charge in [0.1, 0.15) is 5.75 Å². The van der Waals surface area contributed by atoms with Gasteiger partial charge in [-0.3, -0.25) is 9.59 Å². The first kappa shape index (κ1) is 16.3. The lowest BCUT2D eigenvalue weighted by Crippen LogP contribution is -2.37. The average molecular weight is 345 g/mol. The van der Waals surface area contributed by atoms with Crippen LogP contribution in [0.4, 0.5) is 5.69 Å². The minimum atomic E-state index is -0.241. The Balaban J connectivity index is 1.69. The molecule has 0 bridgehead atoms. The fourth-order valence-corrected chi connectivity index (χ4v) is 2.92. The van der Waals surface area contributed by atoms with Gasteiger partial charge in [0.25, 0.3) is 5.91 Å². The molecule has 0 aliphatic carbocycles. The van der Waals surface area contributed by atoms with Crippen molar-refractivity contribution < 1.29 is 14.3 Å². The Kier molecular flexibility index (Phi) is 4.71. The molecule has 2 amide bonds. The molecule has 24 heavy (non-hydrogen) atoms. The fourth-order valence-electron chi connectivity index (χ4n) is 2.73. The molecule has 1 aliphatic rings. The Morgan fingerprint density at radius 2 is 2.04 bits per heavy atom. The maximum atomic E-state index is 12.3. The number of hydrogen-bond donors (Lipinski definition) is 1. The summed E-state index contributed by atoms with van der Waals surface area (Å²) >= 11 is 5.91. The highest BCUT2D eigenvalue weighted by Gasteiger charge is 2.31. The molecule has 2 aromatic rings. The topological polar surface area (TPSA) is 58.6 Å². The van der Waals surface area contributed by atoms with Crippen molar-refractivity contribution in [2.75, 3.05) is 18.6 Å². The summed E-state index contributed by atoms with van der Waals surface area (Å²) in [6, 6.07) is 13.8. The van der Waals surface area contributed by atoms with E-state index < -0.39 is 0 Å². The van der Waals surface area contributed by atoms with Gasteiger partial charge in [0.2, 0.25) is 5.91 Å². The summed E-state index contributed by atoms with van der Waals surface area (Å²) < 4.78 is 5.19. The van der Waals surface area contributed by atoms with Crippen molar-refractivity contribution in [3.05, 3.63) is 59.1 Å². The molecule has 3 rings (SSSR count). The molecule has 0 aromatic heterocycles. The molecule has 0 radical (unpaired) electrons. The van der Waals surface area contributed by atoms with E-state index in [4.69, 9.17) is 16.3 Å². The highest BCUT2D eigenvalue weighted by atomic mass is 35.5. The minimum absolute atomic E-state index is 0.0281. The van der Waals surface area contributed by atoms with E-state index in [0.717, 1.165) is 5.69 Å². The number of amides is 2. The van der Waals surface area contributed by atoms with Gasteiger partial charge in [-0.15, -0.1) is 0 Å². The largest absolute Gasteiger partial charge is 0.497 e. The molecular formula is C18H17ClN2O3. The van der Waals surface area contributed by atoms with Crippen molar-refractivity contribution >= 4 is 29.1 Å². The zero-order valence-corrected chi connectivity index (χ0v) is 13.9. The molecule has 2 aromatic carbocycles. The van der Waals surface area contributed by atoms with Crippen LogP contribution in [0.1, 0.15) is 16.8 Å². The summed E-state index contributed by atoms with van der Waals surface area (Å²) in [5.41, 5.74) is 1.24. The number of ether oxygens (including phenoxy) is 1. The number of methoxy groups -OCH3 is 1. The molecule has 1 heterocycles. The van der Waals surface area contributed by atoms with Crippen LogP contribution in [-0.4, -0.2) is 31.5 Å². The summed E-state index contributed by atoms with van der Waals surface area (Å²) in [6.07, 6.45) is 0.267. The van der Waals surface area contributed by atoms with Crippen molar-refractivity contribution in [2.24, 2.45) is 0 Å². The van der Waals surface area contributed by atoms with Crippen LogP contribution in [0.3, 0.4) is 0 Å². The fraction of sp³-hybridized carbons (Fsp3) is 0.222.